The zero-order valence-electron chi connectivity index (χ0n) is 16.0. The van der Waals surface area contributed by atoms with Crippen LogP contribution in [0.1, 0.15) is 11.3 Å². The number of thiazole rings is 1. The Labute approximate surface area is 177 Å². The summed E-state index contributed by atoms with van der Waals surface area (Å²) in [5.74, 6) is 0. The van der Waals surface area contributed by atoms with Gasteiger partial charge in [0.05, 0.1) is 16.3 Å². The summed E-state index contributed by atoms with van der Waals surface area (Å²) in [6.07, 6.45) is 7.27. The standard InChI is InChI=1S/C25H17N3OS/c29-22-16-21(14-13-18-8-7-15-26-17-18)27-25-28(22)23(19-9-3-1-4-10-19)24(30-25)20-11-5-2-6-12-20/h1-17H/b14-13+. The van der Waals surface area contributed by atoms with Gasteiger partial charge in [0.2, 0.25) is 0 Å². The first kappa shape index (κ1) is 18.2. The molecule has 144 valence electrons. The summed E-state index contributed by atoms with van der Waals surface area (Å²) >= 11 is 1.53. The Bertz CT molecular complexity index is 1390. The molecule has 0 aliphatic rings. The average Bonchev–Trinajstić information content (AvgIpc) is 3.20. The molecule has 0 saturated heterocycles. The minimum Gasteiger partial charge on any atom is -0.269 e. The van der Waals surface area contributed by atoms with Gasteiger partial charge in [0.15, 0.2) is 4.96 Å². The van der Waals surface area contributed by atoms with Crippen LogP contribution in [-0.4, -0.2) is 14.4 Å². The van der Waals surface area contributed by atoms with Crippen LogP contribution in [-0.2, 0) is 0 Å². The lowest BCUT2D eigenvalue weighted by molar-refractivity contribution is 1.08. The van der Waals surface area contributed by atoms with Crippen molar-refractivity contribution in [2.24, 2.45) is 0 Å². The van der Waals surface area contributed by atoms with Gasteiger partial charge in [0.25, 0.3) is 5.56 Å². The second kappa shape index (κ2) is 7.89. The lowest BCUT2D eigenvalue weighted by atomic mass is 10.1. The lowest BCUT2D eigenvalue weighted by Crippen LogP contribution is -2.14. The van der Waals surface area contributed by atoms with E-state index in [0.717, 1.165) is 27.3 Å². The molecule has 5 rings (SSSR count). The van der Waals surface area contributed by atoms with Crippen molar-refractivity contribution in [2.45, 2.75) is 0 Å². The maximum absolute atomic E-state index is 13.1. The Hall–Kier alpha value is -3.83. The molecule has 4 nitrogen and oxygen atoms in total. The normalized spacial score (nSPS) is 11.3. The van der Waals surface area contributed by atoms with Crippen molar-refractivity contribution >= 4 is 28.4 Å². The first-order valence-electron chi connectivity index (χ1n) is 9.55. The maximum atomic E-state index is 13.1. The minimum atomic E-state index is -0.0943. The van der Waals surface area contributed by atoms with E-state index < -0.39 is 0 Å². The summed E-state index contributed by atoms with van der Waals surface area (Å²) in [6.45, 7) is 0. The molecule has 0 unspecified atom stereocenters. The number of fused-ring (bicyclic) bond motifs is 1. The largest absolute Gasteiger partial charge is 0.269 e. The molecule has 0 N–H and O–H groups in total. The molecule has 0 fully saturated rings. The first-order valence-corrected chi connectivity index (χ1v) is 10.4. The van der Waals surface area contributed by atoms with Crippen molar-refractivity contribution < 1.29 is 0 Å². The zero-order valence-corrected chi connectivity index (χ0v) is 16.8. The van der Waals surface area contributed by atoms with Crippen LogP contribution in [0.3, 0.4) is 0 Å². The molecule has 3 aromatic heterocycles. The van der Waals surface area contributed by atoms with E-state index >= 15 is 0 Å². The topological polar surface area (TPSA) is 47.3 Å². The van der Waals surface area contributed by atoms with E-state index in [9.17, 15) is 4.79 Å². The molecule has 0 radical (unpaired) electrons. The molecule has 0 amide bonds. The number of nitrogens with zero attached hydrogens (tertiary/aromatic N) is 3. The summed E-state index contributed by atoms with van der Waals surface area (Å²) in [6, 6.07) is 25.5. The molecular weight excluding hydrogens is 390 g/mol. The summed E-state index contributed by atoms with van der Waals surface area (Å²) in [4.78, 5) is 23.7. The molecule has 30 heavy (non-hydrogen) atoms. The van der Waals surface area contributed by atoms with Crippen LogP contribution < -0.4 is 5.56 Å². The highest BCUT2D eigenvalue weighted by Gasteiger charge is 2.18. The van der Waals surface area contributed by atoms with Crippen molar-refractivity contribution in [2.75, 3.05) is 0 Å². The quantitative estimate of drug-likeness (QED) is 0.386. The predicted molar refractivity (Wildman–Crippen MR) is 123 cm³/mol. The summed E-state index contributed by atoms with van der Waals surface area (Å²) in [5, 5.41) is 0. The maximum Gasteiger partial charge on any atom is 0.259 e. The van der Waals surface area contributed by atoms with Crippen LogP contribution in [0.4, 0.5) is 0 Å². The molecule has 5 heteroatoms. The Morgan fingerprint density at radius 3 is 2.27 bits per heavy atom. The van der Waals surface area contributed by atoms with Crippen molar-refractivity contribution in [3.05, 3.63) is 113 Å². The number of benzene rings is 2. The highest BCUT2D eigenvalue weighted by atomic mass is 32.1. The Morgan fingerprint density at radius 1 is 0.833 bits per heavy atom. The predicted octanol–water partition coefficient (Wildman–Crippen LogP) is 5.66. The first-order chi connectivity index (χ1) is 14.8. The molecular formula is C25H17N3OS. The number of hydrogen-bond donors (Lipinski definition) is 0. The monoisotopic (exact) mass is 407 g/mol. The molecule has 2 aromatic carbocycles. The number of pyridine rings is 1. The lowest BCUT2D eigenvalue weighted by Gasteiger charge is -2.06. The van der Waals surface area contributed by atoms with Gasteiger partial charge in [-0.3, -0.25) is 14.2 Å². The average molecular weight is 407 g/mol. The van der Waals surface area contributed by atoms with Gasteiger partial charge < -0.3 is 0 Å². The van der Waals surface area contributed by atoms with Crippen LogP contribution in [0, 0.1) is 0 Å². The van der Waals surface area contributed by atoms with E-state index in [1.165, 1.54) is 11.3 Å². The second-order valence-corrected chi connectivity index (χ2v) is 7.75. The molecule has 0 saturated carbocycles. The molecule has 0 bridgehead atoms. The molecule has 0 aliphatic heterocycles. The second-order valence-electron chi connectivity index (χ2n) is 6.77. The summed E-state index contributed by atoms with van der Waals surface area (Å²) in [7, 11) is 0. The van der Waals surface area contributed by atoms with E-state index in [-0.39, 0.29) is 5.56 Å². The fourth-order valence-electron chi connectivity index (χ4n) is 3.38. The van der Waals surface area contributed by atoms with Gasteiger partial charge in [0.1, 0.15) is 0 Å². The number of rotatable bonds is 4. The Morgan fingerprint density at radius 2 is 1.57 bits per heavy atom. The van der Waals surface area contributed by atoms with Gasteiger partial charge in [-0.25, -0.2) is 4.98 Å². The molecule has 0 aliphatic carbocycles. The highest BCUT2D eigenvalue weighted by Crippen LogP contribution is 2.38. The van der Waals surface area contributed by atoms with Gasteiger partial charge in [0, 0.05) is 24.0 Å². The fraction of sp³-hybridized carbons (Fsp3) is 0. The SMILES string of the molecule is O=c1cc(/C=C/c2cccnc2)nc2sc(-c3ccccc3)c(-c3ccccc3)n12. The zero-order chi connectivity index (χ0) is 20.3. The summed E-state index contributed by atoms with van der Waals surface area (Å²) in [5.41, 5.74) is 4.43. The van der Waals surface area contributed by atoms with Gasteiger partial charge in [-0.15, -0.1) is 0 Å². The van der Waals surface area contributed by atoms with E-state index in [0.29, 0.717) is 10.7 Å². The van der Waals surface area contributed by atoms with Crippen molar-refractivity contribution in [3.63, 3.8) is 0 Å². The van der Waals surface area contributed by atoms with Crippen LogP contribution >= 0.6 is 11.3 Å². The summed E-state index contributed by atoms with van der Waals surface area (Å²) < 4.78 is 1.71. The van der Waals surface area contributed by atoms with Crippen molar-refractivity contribution in [3.8, 4) is 21.7 Å². The molecule has 0 atom stereocenters. The third-order valence-corrected chi connectivity index (χ3v) is 5.84. The van der Waals surface area contributed by atoms with Gasteiger partial charge in [-0.2, -0.15) is 0 Å². The van der Waals surface area contributed by atoms with E-state index in [2.05, 4.69) is 17.1 Å². The molecule has 0 spiro atoms. The van der Waals surface area contributed by atoms with Crippen LogP contribution in [0.15, 0.2) is 96.1 Å². The van der Waals surface area contributed by atoms with Crippen LogP contribution in [0.2, 0.25) is 0 Å². The minimum absolute atomic E-state index is 0.0943. The fourth-order valence-corrected chi connectivity index (χ4v) is 4.54. The van der Waals surface area contributed by atoms with Gasteiger partial charge in [-0.1, -0.05) is 84.1 Å². The van der Waals surface area contributed by atoms with Crippen LogP contribution in [0.25, 0.3) is 38.8 Å². The third kappa shape index (κ3) is 3.47. The van der Waals surface area contributed by atoms with E-state index in [4.69, 9.17) is 4.98 Å². The number of hydrogen-bond acceptors (Lipinski definition) is 4. The Balaban J connectivity index is 1.71. The molecule has 3 heterocycles. The highest BCUT2D eigenvalue weighted by molar-refractivity contribution is 7.20. The third-order valence-electron chi connectivity index (χ3n) is 4.75. The molecule has 5 aromatic rings. The van der Waals surface area contributed by atoms with Crippen LogP contribution in [0.5, 0.6) is 0 Å². The van der Waals surface area contributed by atoms with Gasteiger partial charge >= 0.3 is 0 Å². The van der Waals surface area contributed by atoms with Crippen molar-refractivity contribution in [1.29, 1.82) is 0 Å². The van der Waals surface area contributed by atoms with E-state index in [1.54, 1.807) is 22.9 Å². The smallest absolute Gasteiger partial charge is 0.259 e. The van der Waals surface area contributed by atoms with E-state index in [1.807, 2.05) is 72.8 Å². The Kier molecular flexibility index (Phi) is 4.79. The number of aromatic nitrogens is 3. The van der Waals surface area contributed by atoms with Crippen molar-refractivity contribution in [1.82, 2.24) is 14.4 Å². The van der Waals surface area contributed by atoms with Gasteiger partial charge in [-0.05, 0) is 23.3 Å².